The Morgan fingerprint density at radius 1 is 0.709 bits per heavy atom. The SMILES string of the molecule is CCC(CCCCC(=O)OC1CCC(C(F)(F)Oc2cc(F)c(F)c(F)c2)CC1)CCCCC(=O)OC1CCC(C(F)(F)OC2C=C(F)C(F)=C(F)C2)CC1. The summed E-state index contributed by atoms with van der Waals surface area (Å²) in [7, 11) is 0. The average molecular weight is 803 g/mol. The van der Waals surface area contributed by atoms with Crippen molar-refractivity contribution in [1.82, 2.24) is 0 Å². The molecule has 2 atom stereocenters. The molecule has 0 N–H and O–H groups in total. The molecular weight excluding hydrogens is 754 g/mol. The van der Waals surface area contributed by atoms with Crippen molar-refractivity contribution in [2.24, 2.45) is 17.8 Å². The van der Waals surface area contributed by atoms with Gasteiger partial charge in [-0.15, -0.1) is 0 Å². The molecule has 55 heavy (non-hydrogen) atoms. The number of benzene rings is 1. The maximum absolute atomic E-state index is 14.7. The quantitative estimate of drug-likeness (QED) is 0.0600. The summed E-state index contributed by atoms with van der Waals surface area (Å²) in [6.45, 7) is 2.05. The zero-order chi connectivity index (χ0) is 40.3. The summed E-state index contributed by atoms with van der Waals surface area (Å²) in [6, 6.07) is 0.711. The van der Waals surface area contributed by atoms with Gasteiger partial charge in [0.05, 0.1) is 17.9 Å². The Bertz CT molecular complexity index is 1480. The van der Waals surface area contributed by atoms with Gasteiger partial charge in [-0.3, -0.25) is 9.59 Å². The first-order chi connectivity index (χ1) is 26.0. The van der Waals surface area contributed by atoms with Gasteiger partial charge in [-0.05, 0) is 76.2 Å². The van der Waals surface area contributed by atoms with Crippen molar-refractivity contribution in [2.75, 3.05) is 0 Å². The minimum atomic E-state index is -3.76. The lowest BCUT2D eigenvalue weighted by Crippen LogP contribution is -2.39. The maximum atomic E-state index is 14.7. The largest absolute Gasteiger partial charge is 0.462 e. The molecule has 0 aliphatic heterocycles. The van der Waals surface area contributed by atoms with Crippen LogP contribution in [0.25, 0.3) is 0 Å². The second kappa shape index (κ2) is 20.2. The molecule has 16 heteroatoms. The third kappa shape index (κ3) is 13.4. The number of ether oxygens (including phenoxy) is 4. The van der Waals surface area contributed by atoms with Crippen LogP contribution in [0.4, 0.5) is 43.9 Å². The van der Waals surface area contributed by atoms with Gasteiger partial charge in [-0.25, -0.2) is 26.3 Å². The molecule has 1 aromatic rings. The topological polar surface area (TPSA) is 71.1 Å². The van der Waals surface area contributed by atoms with Crippen LogP contribution in [0.1, 0.15) is 122 Å². The highest BCUT2D eigenvalue weighted by Gasteiger charge is 2.46. The number of esters is 2. The molecule has 3 aliphatic carbocycles. The molecule has 1 aromatic carbocycles. The number of carbonyl (C=O) groups excluding carboxylic acids is 2. The van der Waals surface area contributed by atoms with Crippen LogP contribution in [0.5, 0.6) is 5.75 Å². The van der Waals surface area contributed by atoms with E-state index in [1.54, 1.807) is 0 Å². The van der Waals surface area contributed by atoms with Gasteiger partial charge in [-0.2, -0.15) is 17.6 Å². The van der Waals surface area contributed by atoms with Crippen LogP contribution in [-0.2, 0) is 23.8 Å². The van der Waals surface area contributed by atoms with E-state index < -0.39 is 101 Å². The monoisotopic (exact) mass is 802 g/mol. The van der Waals surface area contributed by atoms with Crippen molar-refractivity contribution < 1.29 is 72.4 Å². The Labute approximate surface area is 314 Å². The minimum Gasteiger partial charge on any atom is -0.462 e. The first-order valence-corrected chi connectivity index (χ1v) is 19.0. The highest BCUT2D eigenvalue weighted by molar-refractivity contribution is 5.69. The fourth-order valence-electron chi connectivity index (χ4n) is 7.38. The van der Waals surface area contributed by atoms with Crippen LogP contribution in [0, 0.1) is 35.2 Å². The third-order valence-corrected chi connectivity index (χ3v) is 10.6. The highest BCUT2D eigenvalue weighted by Crippen LogP contribution is 2.42. The van der Waals surface area contributed by atoms with Crippen molar-refractivity contribution in [2.45, 2.75) is 153 Å². The molecule has 310 valence electrons. The first-order valence-electron chi connectivity index (χ1n) is 19.0. The van der Waals surface area contributed by atoms with Gasteiger partial charge in [0.15, 0.2) is 29.1 Å². The summed E-state index contributed by atoms with van der Waals surface area (Å²) in [5.74, 6) is -13.7. The summed E-state index contributed by atoms with van der Waals surface area (Å²) < 4.78 is 159. The number of hydrogen-bond acceptors (Lipinski definition) is 6. The molecule has 0 bridgehead atoms. The van der Waals surface area contributed by atoms with Crippen LogP contribution < -0.4 is 4.74 Å². The van der Waals surface area contributed by atoms with Gasteiger partial charge in [0, 0.05) is 31.4 Å². The molecule has 0 aromatic heterocycles. The molecule has 3 aliphatic rings. The maximum Gasteiger partial charge on any atom is 0.400 e. The van der Waals surface area contributed by atoms with Crippen molar-refractivity contribution in [1.29, 1.82) is 0 Å². The Hall–Kier alpha value is -3.30. The number of alkyl halides is 4. The van der Waals surface area contributed by atoms with E-state index in [-0.39, 0.29) is 64.2 Å². The van der Waals surface area contributed by atoms with E-state index >= 15 is 0 Å². The van der Waals surface area contributed by atoms with E-state index in [4.69, 9.17) is 9.47 Å². The second-order valence-electron chi connectivity index (χ2n) is 14.7. The van der Waals surface area contributed by atoms with E-state index in [0.717, 1.165) is 32.1 Å². The van der Waals surface area contributed by atoms with Crippen molar-refractivity contribution >= 4 is 11.9 Å². The van der Waals surface area contributed by atoms with Crippen LogP contribution in [-0.4, -0.2) is 42.5 Å². The van der Waals surface area contributed by atoms with Crippen LogP contribution in [0.3, 0.4) is 0 Å². The van der Waals surface area contributed by atoms with E-state index in [2.05, 4.69) is 16.4 Å². The van der Waals surface area contributed by atoms with E-state index in [1.807, 2.05) is 0 Å². The van der Waals surface area contributed by atoms with Crippen molar-refractivity contribution in [3.8, 4) is 5.75 Å². The van der Waals surface area contributed by atoms with Gasteiger partial charge in [-0.1, -0.05) is 39.0 Å². The summed E-state index contributed by atoms with van der Waals surface area (Å²) in [4.78, 5) is 24.8. The number of rotatable bonds is 19. The molecule has 0 heterocycles. The second-order valence-corrected chi connectivity index (χ2v) is 14.7. The predicted octanol–water partition coefficient (Wildman–Crippen LogP) is 11.8. The molecular formula is C39H48F10O6. The number of allylic oxidation sites excluding steroid dienone is 2. The van der Waals surface area contributed by atoms with Crippen molar-refractivity contribution in [3.63, 3.8) is 0 Å². The molecule has 0 radical (unpaired) electrons. The predicted molar refractivity (Wildman–Crippen MR) is 179 cm³/mol. The van der Waals surface area contributed by atoms with Gasteiger partial charge in [0.1, 0.15) is 23.8 Å². The lowest BCUT2D eigenvalue weighted by Gasteiger charge is -2.34. The molecule has 6 nitrogen and oxygen atoms in total. The lowest BCUT2D eigenvalue weighted by atomic mass is 9.86. The zero-order valence-electron chi connectivity index (χ0n) is 30.7. The standard InChI is InChI=1S/C39H48F10O6/c1-2-23(7-3-5-9-34(50)52-26-15-11-24(12-16-26)38(46,47)54-28-19-30(40)36(44)31(41)20-28)8-4-6-10-35(51)53-27-17-13-25(14-18-27)39(48,49)55-29-21-32(42)37(45)33(43)22-29/h19-21,23-27,29H,2-18,22H2,1H3. The fraction of sp³-hybridized carbons (Fsp3) is 0.692. The Balaban J connectivity index is 1.03. The molecule has 2 saturated carbocycles. The molecule has 2 fully saturated rings. The van der Waals surface area contributed by atoms with Gasteiger partial charge < -0.3 is 18.9 Å². The average Bonchev–Trinajstić information content (AvgIpc) is 3.12. The summed E-state index contributed by atoms with van der Waals surface area (Å²) in [6.07, 6.45) is -4.25. The minimum absolute atomic E-state index is 0.0262. The normalized spacial score (nSPS) is 24.3. The first kappa shape index (κ1) is 44.4. The number of carbonyl (C=O) groups is 2. The summed E-state index contributed by atoms with van der Waals surface area (Å²) in [5.41, 5.74) is 0. The number of unbranched alkanes of at least 4 members (excludes halogenated alkanes) is 2. The molecule has 4 rings (SSSR count). The Morgan fingerprint density at radius 2 is 1.18 bits per heavy atom. The smallest absolute Gasteiger partial charge is 0.400 e. The molecule has 0 saturated heterocycles. The van der Waals surface area contributed by atoms with Gasteiger partial charge in [0.25, 0.3) is 0 Å². The summed E-state index contributed by atoms with van der Waals surface area (Å²) in [5, 5.41) is 0. The van der Waals surface area contributed by atoms with Crippen LogP contribution in [0.2, 0.25) is 0 Å². The van der Waals surface area contributed by atoms with E-state index in [9.17, 15) is 53.5 Å². The number of halogens is 10. The van der Waals surface area contributed by atoms with E-state index in [1.165, 1.54) is 0 Å². The Morgan fingerprint density at radius 3 is 1.64 bits per heavy atom. The Kier molecular flexibility index (Phi) is 16.3. The van der Waals surface area contributed by atoms with Gasteiger partial charge >= 0.3 is 24.2 Å². The zero-order valence-corrected chi connectivity index (χ0v) is 30.7. The van der Waals surface area contributed by atoms with E-state index in [0.29, 0.717) is 37.0 Å². The lowest BCUT2D eigenvalue weighted by molar-refractivity contribution is -0.291. The summed E-state index contributed by atoms with van der Waals surface area (Å²) >= 11 is 0. The third-order valence-electron chi connectivity index (χ3n) is 10.6. The molecule has 2 unspecified atom stereocenters. The highest BCUT2D eigenvalue weighted by atomic mass is 19.3. The molecule has 0 spiro atoms. The van der Waals surface area contributed by atoms with Crippen LogP contribution in [0.15, 0.2) is 35.7 Å². The van der Waals surface area contributed by atoms with Gasteiger partial charge in [0.2, 0.25) is 0 Å². The molecule has 0 amide bonds. The van der Waals surface area contributed by atoms with Crippen LogP contribution >= 0.6 is 0 Å². The van der Waals surface area contributed by atoms with Crippen molar-refractivity contribution in [3.05, 3.63) is 53.1 Å². The fourth-order valence-corrected chi connectivity index (χ4v) is 7.38. The number of hydrogen-bond donors (Lipinski definition) is 0.